The van der Waals surface area contributed by atoms with Gasteiger partial charge in [-0.05, 0) is 48.5 Å². The van der Waals surface area contributed by atoms with Gasteiger partial charge >= 0.3 is 0 Å². The second kappa shape index (κ2) is 8.63. The largest absolute Gasteiger partial charge is 0.477 e. The van der Waals surface area contributed by atoms with E-state index in [1.807, 2.05) is 6.07 Å². The Morgan fingerprint density at radius 2 is 1.81 bits per heavy atom. The van der Waals surface area contributed by atoms with E-state index in [0.717, 1.165) is 0 Å². The van der Waals surface area contributed by atoms with Crippen molar-refractivity contribution in [3.05, 3.63) is 89.2 Å². The number of nitrogens with one attached hydrogen (secondary N) is 1. The third-order valence-electron chi connectivity index (χ3n) is 6.93. The van der Waals surface area contributed by atoms with E-state index in [9.17, 15) is 9.59 Å². The molecule has 8 nitrogen and oxygen atoms in total. The Bertz CT molecular complexity index is 1440. The van der Waals surface area contributed by atoms with Crippen LogP contribution in [-0.4, -0.2) is 42.0 Å². The maximum atomic E-state index is 14.3. The van der Waals surface area contributed by atoms with Crippen LogP contribution in [0.1, 0.15) is 33.5 Å². The van der Waals surface area contributed by atoms with Crippen molar-refractivity contribution in [3.63, 3.8) is 0 Å². The molecule has 0 bridgehead atoms. The molecule has 0 radical (unpaired) electrons. The molecule has 36 heavy (non-hydrogen) atoms. The number of ether oxygens (including phenoxy) is 3. The summed E-state index contributed by atoms with van der Waals surface area (Å²) in [6.45, 7) is 0.944. The molecule has 1 fully saturated rings. The molecule has 0 saturated carbocycles. The molecule has 0 aliphatic carbocycles. The number of hydrogen-bond donors (Lipinski definition) is 1. The van der Waals surface area contributed by atoms with Crippen LogP contribution in [0.25, 0.3) is 11.3 Å². The summed E-state index contributed by atoms with van der Waals surface area (Å²) in [6, 6.07) is 17.4. The minimum absolute atomic E-state index is 0.121. The van der Waals surface area contributed by atoms with Gasteiger partial charge in [0, 0.05) is 36.5 Å². The summed E-state index contributed by atoms with van der Waals surface area (Å²) in [6.07, 6.45) is 3.61. The third kappa shape index (κ3) is 3.44. The zero-order valence-corrected chi connectivity index (χ0v) is 19.2. The van der Waals surface area contributed by atoms with Gasteiger partial charge in [0.2, 0.25) is 12.6 Å². The monoisotopic (exact) mass is 479 g/mol. The summed E-state index contributed by atoms with van der Waals surface area (Å²) in [5, 5.41) is 12.4. The Hall–Kier alpha value is -4.48. The highest BCUT2D eigenvalue weighted by atomic mass is 16.7. The average Bonchev–Trinajstić information content (AvgIpc) is 3.51. The van der Waals surface area contributed by atoms with E-state index in [1.165, 1.54) is 0 Å². The van der Waals surface area contributed by atoms with Gasteiger partial charge in [0.15, 0.2) is 22.9 Å². The number of nitriles is 1. The van der Waals surface area contributed by atoms with Crippen LogP contribution in [0.3, 0.4) is 0 Å². The van der Waals surface area contributed by atoms with Crippen molar-refractivity contribution in [2.24, 2.45) is 5.92 Å². The molecule has 0 amide bonds. The zero-order chi connectivity index (χ0) is 24.7. The van der Waals surface area contributed by atoms with E-state index in [2.05, 4.69) is 16.4 Å². The van der Waals surface area contributed by atoms with Crippen LogP contribution in [0.5, 0.6) is 11.5 Å². The first-order valence-electron chi connectivity index (χ1n) is 11.6. The van der Waals surface area contributed by atoms with Crippen molar-refractivity contribution >= 4 is 22.9 Å². The molecule has 4 heterocycles. The molecule has 3 aromatic rings. The molecule has 2 aromatic carbocycles. The molecule has 1 saturated heterocycles. The van der Waals surface area contributed by atoms with Crippen LogP contribution in [0.2, 0.25) is 0 Å². The lowest BCUT2D eigenvalue weighted by Gasteiger charge is -2.39. The normalized spacial score (nSPS) is 22.4. The van der Waals surface area contributed by atoms with Crippen LogP contribution < -0.4 is 14.8 Å². The number of fused-ring (bicyclic) bond motifs is 1. The van der Waals surface area contributed by atoms with Crippen LogP contribution >= 0.6 is 0 Å². The van der Waals surface area contributed by atoms with Crippen LogP contribution in [0, 0.1) is 17.2 Å². The Morgan fingerprint density at radius 3 is 2.58 bits per heavy atom. The standard InChI is InChI=1S/C28H21N3O5/c29-14-17-1-3-18(4-2-17)25(32)21-15-31-12-9-28(21)27(33)24(26(36-28)19-7-10-30-11-8-19)20-5-6-22-23(13-20)35-16-34-22/h1-8,10-11,13,21,31H,9,12,15-16H2. The molecule has 2 atom stereocenters. The number of carbonyl (C=O) groups is 2. The van der Waals surface area contributed by atoms with Crippen LogP contribution in [-0.2, 0) is 9.53 Å². The topological polar surface area (TPSA) is 111 Å². The van der Waals surface area contributed by atoms with Crippen LogP contribution in [0.15, 0.2) is 67.0 Å². The number of pyridine rings is 1. The number of nitrogens with zero attached hydrogens (tertiary/aromatic N) is 2. The predicted octanol–water partition coefficient (Wildman–Crippen LogP) is 3.38. The Kier molecular flexibility index (Phi) is 5.28. The van der Waals surface area contributed by atoms with Crippen molar-refractivity contribution in [2.75, 3.05) is 19.9 Å². The summed E-state index contributed by atoms with van der Waals surface area (Å²) in [5.41, 5.74) is 1.27. The number of piperidine rings is 1. The zero-order valence-electron chi connectivity index (χ0n) is 19.2. The van der Waals surface area contributed by atoms with E-state index >= 15 is 0 Å². The van der Waals surface area contributed by atoms with Gasteiger partial charge in [-0.15, -0.1) is 0 Å². The first-order valence-corrected chi connectivity index (χ1v) is 11.6. The number of hydrogen-bond acceptors (Lipinski definition) is 8. The maximum Gasteiger partial charge on any atom is 0.231 e. The molecule has 8 heteroatoms. The molecule has 3 aliphatic rings. The summed E-state index contributed by atoms with van der Waals surface area (Å²) >= 11 is 0. The second-order valence-electron chi connectivity index (χ2n) is 8.89. The van der Waals surface area contributed by atoms with E-state index in [-0.39, 0.29) is 18.4 Å². The third-order valence-corrected chi connectivity index (χ3v) is 6.93. The van der Waals surface area contributed by atoms with Gasteiger partial charge in [0.1, 0.15) is 5.76 Å². The molecular weight excluding hydrogens is 458 g/mol. The fourth-order valence-corrected chi connectivity index (χ4v) is 5.08. The maximum absolute atomic E-state index is 14.3. The van der Waals surface area contributed by atoms with Gasteiger partial charge in [-0.25, -0.2) is 0 Å². The highest BCUT2D eigenvalue weighted by Crippen LogP contribution is 2.49. The number of rotatable bonds is 4. The number of benzene rings is 2. The van der Waals surface area contributed by atoms with Gasteiger partial charge in [-0.1, -0.05) is 18.2 Å². The van der Waals surface area contributed by atoms with Gasteiger partial charge < -0.3 is 19.5 Å². The van der Waals surface area contributed by atoms with Gasteiger partial charge in [-0.2, -0.15) is 5.26 Å². The highest BCUT2D eigenvalue weighted by Gasteiger charge is 2.58. The van der Waals surface area contributed by atoms with Crippen LogP contribution in [0.4, 0.5) is 0 Å². The summed E-state index contributed by atoms with van der Waals surface area (Å²) in [7, 11) is 0. The molecule has 3 aliphatic heterocycles. The second-order valence-corrected chi connectivity index (χ2v) is 8.89. The lowest BCUT2D eigenvalue weighted by molar-refractivity contribution is -0.133. The van der Waals surface area contributed by atoms with Gasteiger partial charge in [-0.3, -0.25) is 14.6 Å². The summed E-state index contributed by atoms with van der Waals surface area (Å²) in [4.78, 5) is 32.1. The SMILES string of the molecule is N#Cc1ccc(C(=O)C2CNCCC23OC(c2ccncc2)=C(c2ccc4c(c2)OCO4)C3=O)cc1. The number of Topliss-reactive ketones (excluding diaryl/α,β-unsaturated/α-hetero) is 2. The summed E-state index contributed by atoms with van der Waals surface area (Å²) in [5.74, 6) is 0.388. The summed E-state index contributed by atoms with van der Waals surface area (Å²) < 4.78 is 17.6. The van der Waals surface area contributed by atoms with Gasteiger partial charge in [0.25, 0.3) is 0 Å². The number of ketones is 2. The molecule has 1 N–H and O–H groups in total. The van der Waals surface area contributed by atoms with E-state index in [1.54, 1.807) is 60.9 Å². The van der Waals surface area contributed by atoms with Crippen molar-refractivity contribution < 1.29 is 23.8 Å². The smallest absolute Gasteiger partial charge is 0.231 e. The number of aromatic nitrogens is 1. The molecule has 1 aromatic heterocycles. The first-order chi connectivity index (χ1) is 17.6. The van der Waals surface area contributed by atoms with E-state index < -0.39 is 11.5 Å². The van der Waals surface area contributed by atoms with Gasteiger partial charge in [0.05, 0.1) is 23.1 Å². The predicted molar refractivity (Wildman–Crippen MR) is 129 cm³/mol. The van der Waals surface area contributed by atoms with Crippen molar-refractivity contribution in [1.82, 2.24) is 10.3 Å². The minimum atomic E-state index is -1.36. The van der Waals surface area contributed by atoms with Crippen molar-refractivity contribution in [3.8, 4) is 17.6 Å². The molecule has 178 valence electrons. The molecule has 1 spiro atoms. The molecular formula is C28H21N3O5. The van der Waals surface area contributed by atoms with E-state index in [0.29, 0.717) is 64.6 Å². The Morgan fingerprint density at radius 1 is 1.03 bits per heavy atom. The van der Waals surface area contributed by atoms with E-state index in [4.69, 9.17) is 19.5 Å². The molecule has 2 unspecified atom stereocenters. The van der Waals surface area contributed by atoms with Crippen molar-refractivity contribution in [2.45, 2.75) is 12.0 Å². The average molecular weight is 479 g/mol. The number of carbonyl (C=O) groups excluding carboxylic acids is 2. The first kappa shape index (κ1) is 22.0. The van der Waals surface area contributed by atoms with Crippen molar-refractivity contribution in [1.29, 1.82) is 5.26 Å². The lowest BCUT2D eigenvalue weighted by Crippen LogP contribution is -2.57. The lowest BCUT2D eigenvalue weighted by atomic mass is 9.73. The minimum Gasteiger partial charge on any atom is -0.477 e. The highest BCUT2D eigenvalue weighted by molar-refractivity contribution is 6.34. The Balaban J connectivity index is 1.45. The fraction of sp³-hybridized carbons (Fsp3) is 0.214. The fourth-order valence-electron chi connectivity index (χ4n) is 5.08. The quantitative estimate of drug-likeness (QED) is 0.567. The molecule has 6 rings (SSSR count). The Labute approximate surface area is 207 Å².